The lowest BCUT2D eigenvalue weighted by atomic mass is 10.2. The monoisotopic (exact) mass is 239 g/mol. The Morgan fingerprint density at radius 1 is 1.53 bits per heavy atom. The van der Waals surface area contributed by atoms with E-state index in [1.807, 2.05) is 13.8 Å². The van der Waals surface area contributed by atoms with Gasteiger partial charge in [0.25, 0.3) is 0 Å². The summed E-state index contributed by atoms with van der Waals surface area (Å²) in [5.41, 5.74) is 0. The van der Waals surface area contributed by atoms with E-state index in [1.54, 1.807) is 12.1 Å². The normalized spacial score (nSPS) is 11.9. The number of nitrogens with one attached hydrogen (secondary N) is 2. The summed E-state index contributed by atoms with van der Waals surface area (Å²) in [4.78, 5) is 15.1. The SMILES string of the molecule is CCC(C)NC(=O)CCNc1cccc(F)n1. The van der Waals surface area contributed by atoms with E-state index in [9.17, 15) is 9.18 Å². The Hall–Kier alpha value is -1.65. The maximum absolute atomic E-state index is 12.7. The molecule has 1 aromatic heterocycles. The Kier molecular flexibility index (Phi) is 5.39. The first-order valence-corrected chi connectivity index (χ1v) is 5.77. The zero-order valence-electron chi connectivity index (χ0n) is 10.2. The van der Waals surface area contributed by atoms with Crippen LogP contribution < -0.4 is 10.6 Å². The Bertz CT molecular complexity index is 371. The fraction of sp³-hybridized carbons (Fsp3) is 0.500. The van der Waals surface area contributed by atoms with Crippen molar-refractivity contribution in [3.8, 4) is 0 Å². The van der Waals surface area contributed by atoms with Crippen LogP contribution in [-0.2, 0) is 4.79 Å². The van der Waals surface area contributed by atoms with E-state index < -0.39 is 5.95 Å². The molecule has 1 rings (SSSR count). The molecule has 1 aromatic rings. The molecule has 0 aromatic carbocycles. The van der Waals surface area contributed by atoms with Crippen molar-refractivity contribution in [1.82, 2.24) is 10.3 Å². The van der Waals surface area contributed by atoms with Gasteiger partial charge < -0.3 is 10.6 Å². The molecule has 1 heterocycles. The number of halogens is 1. The molecule has 0 spiro atoms. The van der Waals surface area contributed by atoms with Gasteiger partial charge in [0.05, 0.1) is 0 Å². The predicted octanol–water partition coefficient (Wildman–Crippen LogP) is 1.94. The Balaban J connectivity index is 2.26. The number of hydrogen-bond acceptors (Lipinski definition) is 3. The highest BCUT2D eigenvalue weighted by molar-refractivity contribution is 5.76. The van der Waals surface area contributed by atoms with E-state index in [2.05, 4.69) is 15.6 Å². The molecule has 2 N–H and O–H groups in total. The highest BCUT2D eigenvalue weighted by Gasteiger charge is 2.05. The van der Waals surface area contributed by atoms with Crippen molar-refractivity contribution in [3.63, 3.8) is 0 Å². The van der Waals surface area contributed by atoms with Crippen molar-refractivity contribution < 1.29 is 9.18 Å². The van der Waals surface area contributed by atoms with Crippen molar-refractivity contribution >= 4 is 11.7 Å². The van der Waals surface area contributed by atoms with Crippen molar-refractivity contribution in [2.24, 2.45) is 0 Å². The number of carbonyl (C=O) groups is 1. The standard InChI is InChI=1S/C12H18FN3O/c1-3-9(2)15-12(17)7-8-14-11-6-4-5-10(13)16-11/h4-6,9H,3,7-8H2,1-2H3,(H,14,16)(H,15,17). The third-order valence-corrected chi connectivity index (χ3v) is 2.39. The van der Waals surface area contributed by atoms with Gasteiger partial charge in [0.2, 0.25) is 11.9 Å². The maximum Gasteiger partial charge on any atom is 0.221 e. The fourth-order valence-corrected chi connectivity index (χ4v) is 1.26. The molecule has 0 saturated carbocycles. The minimum absolute atomic E-state index is 0.0109. The average molecular weight is 239 g/mol. The van der Waals surface area contributed by atoms with Gasteiger partial charge in [-0.2, -0.15) is 4.39 Å². The summed E-state index contributed by atoms with van der Waals surface area (Å²) in [5, 5.41) is 5.75. The molecule has 1 amide bonds. The highest BCUT2D eigenvalue weighted by Crippen LogP contribution is 2.03. The second-order valence-corrected chi connectivity index (χ2v) is 3.90. The van der Waals surface area contributed by atoms with Gasteiger partial charge in [0.15, 0.2) is 0 Å². The highest BCUT2D eigenvalue weighted by atomic mass is 19.1. The summed E-state index contributed by atoms with van der Waals surface area (Å²) in [7, 11) is 0. The van der Waals surface area contributed by atoms with Gasteiger partial charge in [0, 0.05) is 19.0 Å². The molecule has 17 heavy (non-hydrogen) atoms. The van der Waals surface area contributed by atoms with Gasteiger partial charge in [-0.05, 0) is 25.5 Å². The number of amides is 1. The van der Waals surface area contributed by atoms with Crippen LogP contribution in [0.4, 0.5) is 10.2 Å². The molecule has 94 valence electrons. The van der Waals surface area contributed by atoms with E-state index >= 15 is 0 Å². The molecule has 1 atom stereocenters. The zero-order valence-corrected chi connectivity index (χ0v) is 10.2. The maximum atomic E-state index is 12.7. The molecule has 5 heteroatoms. The van der Waals surface area contributed by atoms with Crippen LogP contribution in [0, 0.1) is 5.95 Å². The van der Waals surface area contributed by atoms with Gasteiger partial charge in [-0.15, -0.1) is 0 Å². The predicted molar refractivity (Wildman–Crippen MR) is 65.2 cm³/mol. The number of rotatable bonds is 6. The summed E-state index contributed by atoms with van der Waals surface area (Å²) in [6.07, 6.45) is 1.26. The number of anilines is 1. The first-order valence-electron chi connectivity index (χ1n) is 5.77. The Labute approximate surface area is 101 Å². The van der Waals surface area contributed by atoms with Crippen LogP contribution >= 0.6 is 0 Å². The minimum atomic E-state index is -0.529. The molecule has 0 aliphatic rings. The van der Waals surface area contributed by atoms with Gasteiger partial charge in [-0.3, -0.25) is 4.79 Å². The van der Waals surface area contributed by atoms with Crippen molar-refractivity contribution in [2.75, 3.05) is 11.9 Å². The lowest BCUT2D eigenvalue weighted by Gasteiger charge is -2.11. The van der Waals surface area contributed by atoms with Crippen molar-refractivity contribution in [3.05, 3.63) is 24.1 Å². The third-order valence-electron chi connectivity index (χ3n) is 2.39. The van der Waals surface area contributed by atoms with Crippen LogP contribution in [0.1, 0.15) is 26.7 Å². The molecule has 4 nitrogen and oxygen atoms in total. The molecule has 0 bridgehead atoms. The van der Waals surface area contributed by atoms with Gasteiger partial charge in [-0.25, -0.2) is 4.98 Å². The second kappa shape index (κ2) is 6.83. The van der Waals surface area contributed by atoms with Crippen LogP contribution in [0.3, 0.4) is 0 Å². The molecular weight excluding hydrogens is 221 g/mol. The van der Waals surface area contributed by atoms with Crippen LogP contribution in [0.15, 0.2) is 18.2 Å². The second-order valence-electron chi connectivity index (χ2n) is 3.90. The smallest absolute Gasteiger partial charge is 0.221 e. The molecule has 0 radical (unpaired) electrons. The zero-order chi connectivity index (χ0) is 12.7. The lowest BCUT2D eigenvalue weighted by Crippen LogP contribution is -2.33. The first-order chi connectivity index (χ1) is 8.11. The topological polar surface area (TPSA) is 54.0 Å². The fourth-order valence-electron chi connectivity index (χ4n) is 1.26. The number of hydrogen-bond donors (Lipinski definition) is 2. The molecular formula is C12H18FN3O. The van der Waals surface area contributed by atoms with Gasteiger partial charge in [0.1, 0.15) is 5.82 Å². The van der Waals surface area contributed by atoms with Crippen molar-refractivity contribution in [2.45, 2.75) is 32.7 Å². The van der Waals surface area contributed by atoms with Crippen LogP contribution in [0.25, 0.3) is 0 Å². The van der Waals surface area contributed by atoms with E-state index in [-0.39, 0.29) is 11.9 Å². The van der Waals surface area contributed by atoms with E-state index in [4.69, 9.17) is 0 Å². The number of carbonyl (C=O) groups excluding carboxylic acids is 1. The average Bonchev–Trinajstić information content (AvgIpc) is 2.29. The summed E-state index contributed by atoms with van der Waals surface area (Å²) >= 11 is 0. The van der Waals surface area contributed by atoms with Crippen LogP contribution in [-0.4, -0.2) is 23.5 Å². The molecule has 0 aliphatic carbocycles. The van der Waals surface area contributed by atoms with Crippen LogP contribution in [0.5, 0.6) is 0 Å². The van der Waals surface area contributed by atoms with Gasteiger partial charge in [-0.1, -0.05) is 13.0 Å². The van der Waals surface area contributed by atoms with Crippen LogP contribution in [0.2, 0.25) is 0 Å². The van der Waals surface area contributed by atoms with Crippen molar-refractivity contribution in [1.29, 1.82) is 0 Å². The van der Waals surface area contributed by atoms with E-state index in [0.717, 1.165) is 6.42 Å². The summed E-state index contributed by atoms with van der Waals surface area (Å²) in [5.74, 6) is -0.0938. The Morgan fingerprint density at radius 3 is 2.94 bits per heavy atom. The van der Waals surface area contributed by atoms with E-state index in [0.29, 0.717) is 18.8 Å². The molecule has 0 fully saturated rings. The molecule has 0 aliphatic heterocycles. The largest absolute Gasteiger partial charge is 0.369 e. The number of nitrogens with zero attached hydrogens (tertiary/aromatic N) is 1. The summed E-state index contributed by atoms with van der Waals surface area (Å²) < 4.78 is 12.7. The van der Waals surface area contributed by atoms with Gasteiger partial charge >= 0.3 is 0 Å². The number of pyridine rings is 1. The quantitative estimate of drug-likeness (QED) is 0.746. The third kappa shape index (κ3) is 5.29. The molecule has 1 unspecified atom stereocenters. The van der Waals surface area contributed by atoms with E-state index in [1.165, 1.54) is 6.07 Å². The minimum Gasteiger partial charge on any atom is -0.369 e. The summed E-state index contributed by atoms with van der Waals surface area (Å²) in [6.45, 7) is 4.41. The first kappa shape index (κ1) is 13.4. The summed E-state index contributed by atoms with van der Waals surface area (Å²) in [6, 6.07) is 4.70. The Morgan fingerprint density at radius 2 is 2.29 bits per heavy atom. The number of aromatic nitrogens is 1. The lowest BCUT2D eigenvalue weighted by molar-refractivity contribution is -0.121. The molecule has 0 saturated heterocycles.